The van der Waals surface area contributed by atoms with Gasteiger partial charge in [0, 0.05) is 25.8 Å². The van der Waals surface area contributed by atoms with Gasteiger partial charge in [0.25, 0.3) is 0 Å². The van der Waals surface area contributed by atoms with Crippen LogP contribution in [0, 0.1) is 11.8 Å². The fraction of sp³-hybridized carbons (Fsp3) is 0.706. The number of hydrogen-bond acceptors (Lipinski definition) is 3. The SMILES string of the molecule is CCC(C)CN(C)Cc1ccc(CNCC(C)C)cn1. The third kappa shape index (κ3) is 7.01. The number of rotatable bonds is 9. The van der Waals surface area contributed by atoms with Crippen LogP contribution in [0.1, 0.15) is 45.4 Å². The van der Waals surface area contributed by atoms with Crippen molar-refractivity contribution in [3.63, 3.8) is 0 Å². The lowest BCUT2D eigenvalue weighted by Crippen LogP contribution is -2.24. The van der Waals surface area contributed by atoms with Crippen molar-refractivity contribution in [1.29, 1.82) is 0 Å². The van der Waals surface area contributed by atoms with E-state index in [9.17, 15) is 0 Å². The molecule has 0 amide bonds. The van der Waals surface area contributed by atoms with E-state index in [0.717, 1.165) is 37.8 Å². The van der Waals surface area contributed by atoms with E-state index in [4.69, 9.17) is 0 Å². The van der Waals surface area contributed by atoms with Gasteiger partial charge in [0.2, 0.25) is 0 Å². The van der Waals surface area contributed by atoms with Crippen LogP contribution in [0.2, 0.25) is 0 Å². The number of aromatic nitrogens is 1. The molecular formula is C17H31N3. The Morgan fingerprint density at radius 3 is 2.55 bits per heavy atom. The monoisotopic (exact) mass is 277 g/mol. The van der Waals surface area contributed by atoms with E-state index in [0.29, 0.717) is 5.92 Å². The van der Waals surface area contributed by atoms with Gasteiger partial charge in [0.05, 0.1) is 5.69 Å². The second kappa shape index (κ2) is 9.09. The Labute approximate surface area is 124 Å². The first kappa shape index (κ1) is 17.1. The average Bonchev–Trinajstić information content (AvgIpc) is 2.40. The summed E-state index contributed by atoms with van der Waals surface area (Å²) in [6.07, 6.45) is 3.23. The maximum Gasteiger partial charge on any atom is 0.0544 e. The van der Waals surface area contributed by atoms with Gasteiger partial charge in [-0.25, -0.2) is 0 Å². The van der Waals surface area contributed by atoms with Crippen LogP contribution in [0.25, 0.3) is 0 Å². The van der Waals surface area contributed by atoms with Crippen molar-refractivity contribution in [3.8, 4) is 0 Å². The molecule has 3 nitrogen and oxygen atoms in total. The van der Waals surface area contributed by atoms with E-state index >= 15 is 0 Å². The molecule has 0 saturated heterocycles. The van der Waals surface area contributed by atoms with E-state index in [1.165, 1.54) is 12.0 Å². The second-order valence-corrected chi connectivity index (χ2v) is 6.39. The smallest absolute Gasteiger partial charge is 0.0544 e. The topological polar surface area (TPSA) is 28.2 Å². The van der Waals surface area contributed by atoms with Crippen molar-refractivity contribution in [2.24, 2.45) is 11.8 Å². The highest BCUT2D eigenvalue weighted by atomic mass is 15.1. The number of hydrogen-bond donors (Lipinski definition) is 1. The normalized spacial score (nSPS) is 13.2. The Bertz CT molecular complexity index is 359. The van der Waals surface area contributed by atoms with Crippen molar-refractivity contribution < 1.29 is 0 Å². The van der Waals surface area contributed by atoms with Crippen molar-refractivity contribution in [3.05, 3.63) is 29.6 Å². The molecule has 1 N–H and O–H groups in total. The van der Waals surface area contributed by atoms with Gasteiger partial charge in [-0.3, -0.25) is 4.98 Å². The summed E-state index contributed by atoms with van der Waals surface area (Å²) >= 11 is 0. The zero-order valence-corrected chi connectivity index (χ0v) is 13.8. The van der Waals surface area contributed by atoms with Gasteiger partial charge in [-0.2, -0.15) is 0 Å². The van der Waals surface area contributed by atoms with Crippen LogP contribution in [-0.2, 0) is 13.1 Å². The van der Waals surface area contributed by atoms with E-state index in [-0.39, 0.29) is 0 Å². The maximum atomic E-state index is 4.57. The molecule has 0 aromatic carbocycles. The van der Waals surface area contributed by atoms with E-state index < -0.39 is 0 Å². The van der Waals surface area contributed by atoms with Crippen molar-refractivity contribution >= 4 is 0 Å². The van der Waals surface area contributed by atoms with Crippen LogP contribution in [0.3, 0.4) is 0 Å². The molecule has 3 heteroatoms. The molecule has 0 fully saturated rings. The van der Waals surface area contributed by atoms with Crippen molar-refractivity contribution in [2.75, 3.05) is 20.1 Å². The second-order valence-electron chi connectivity index (χ2n) is 6.39. The van der Waals surface area contributed by atoms with E-state index in [1.807, 2.05) is 6.20 Å². The van der Waals surface area contributed by atoms with Gasteiger partial charge in [-0.1, -0.05) is 40.2 Å². The largest absolute Gasteiger partial charge is 0.312 e. The van der Waals surface area contributed by atoms with Crippen molar-refractivity contribution in [2.45, 2.75) is 47.2 Å². The lowest BCUT2D eigenvalue weighted by Gasteiger charge is -2.20. The lowest BCUT2D eigenvalue weighted by atomic mass is 10.1. The summed E-state index contributed by atoms with van der Waals surface area (Å²) in [4.78, 5) is 6.92. The Balaban J connectivity index is 2.38. The lowest BCUT2D eigenvalue weighted by molar-refractivity contribution is 0.272. The molecule has 0 aliphatic heterocycles. The average molecular weight is 277 g/mol. The quantitative estimate of drug-likeness (QED) is 0.750. The Morgan fingerprint density at radius 2 is 2.00 bits per heavy atom. The number of nitrogens with one attached hydrogen (secondary N) is 1. The van der Waals surface area contributed by atoms with Crippen LogP contribution in [0.15, 0.2) is 18.3 Å². The minimum atomic E-state index is 0.691. The summed E-state index contributed by atoms with van der Waals surface area (Å²) < 4.78 is 0. The summed E-state index contributed by atoms with van der Waals surface area (Å²) in [5.74, 6) is 1.44. The zero-order valence-electron chi connectivity index (χ0n) is 13.8. The van der Waals surface area contributed by atoms with Gasteiger partial charge >= 0.3 is 0 Å². The summed E-state index contributed by atoms with van der Waals surface area (Å²) in [7, 11) is 2.17. The van der Waals surface area contributed by atoms with E-state index in [1.54, 1.807) is 0 Å². The highest BCUT2D eigenvalue weighted by molar-refractivity contribution is 5.13. The molecule has 0 saturated carbocycles. The molecule has 1 aromatic heterocycles. The molecule has 20 heavy (non-hydrogen) atoms. The van der Waals surface area contributed by atoms with Gasteiger partial charge in [-0.15, -0.1) is 0 Å². The first-order valence-electron chi connectivity index (χ1n) is 7.84. The summed E-state index contributed by atoms with van der Waals surface area (Å²) in [6, 6.07) is 4.34. The highest BCUT2D eigenvalue weighted by Crippen LogP contribution is 2.07. The summed E-state index contributed by atoms with van der Waals surface area (Å²) in [5.41, 5.74) is 2.42. The van der Waals surface area contributed by atoms with Crippen LogP contribution in [-0.4, -0.2) is 30.0 Å². The molecule has 1 heterocycles. The Morgan fingerprint density at radius 1 is 1.25 bits per heavy atom. The first-order chi connectivity index (χ1) is 9.51. The zero-order chi connectivity index (χ0) is 15.0. The highest BCUT2D eigenvalue weighted by Gasteiger charge is 2.06. The molecule has 1 unspecified atom stereocenters. The number of pyridine rings is 1. The summed E-state index contributed by atoms with van der Waals surface area (Å²) in [6.45, 7) is 13.0. The van der Waals surface area contributed by atoms with Gasteiger partial charge in [0.1, 0.15) is 0 Å². The molecule has 0 aliphatic carbocycles. The van der Waals surface area contributed by atoms with Gasteiger partial charge in [0.15, 0.2) is 0 Å². The minimum absolute atomic E-state index is 0.691. The van der Waals surface area contributed by atoms with Crippen molar-refractivity contribution in [1.82, 2.24) is 15.2 Å². The standard InChI is InChI=1S/C17H31N3/c1-6-15(4)12-20(5)13-17-8-7-16(11-19-17)10-18-9-14(2)3/h7-8,11,14-15,18H,6,9-10,12-13H2,1-5H3. The van der Waals surface area contributed by atoms with Crippen LogP contribution < -0.4 is 5.32 Å². The molecule has 0 spiro atoms. The maximum absolute atomic E-state index is 4.57. The van der Waals surface area contributed by atoms with Gasteiger partial charge < -0.3 is 10.2 Å². The summed E-state index contributed by atoms with van der Waals surface area (Å²) in [5, 5.41) is 3.44. The Hall–Kier alpha value is -0.930. The molecule has 1 aromatic rings. The molecule has 1 atom stereocenters. The fourth-order valence-corrected chi connectivity index (χ4v) is 2.16. The first-order valence-corrected chi connectivity index (χ1v) is 7.84. The Kier molecular flexibility index (Phi) is 7.78. The van der Waals surface area contributed by atoms with Crippen LogP contribution >= 0.6 is 0 Å². The molecule has 0 aliphatic rings. The molecule has 114 valence electrons. The van der Waals surface area contributed by atoms with Crippen LogP contribution in [0.4, 0.5) is 0 Å². The molecule has 1 rings (SSSR count). The molecular weight excluding hydrogens is 246 g/mol. The molecule has 0 radical (unpaired) electrons. The minimum Gasteiger partial charge on any atom is -0.312 e. The molecule has 0 bridgehead atoms. The fourth-order valence-electron chi connectivity index (χ4n) is 2.16. The third-order valence-corrected chi connectivity index (χ3v) is 3.52. The number of nitrogens with zero attached hydrogens (tertiary/aromatic N) is 2. The van der Waals surface area contributed by atoms with Crippen LogP contribution in [0.5, 0.6) is 0 Å². The predicted octanol–water partition coefficient (Wildman–Crippen LogP) is 3.31. The van der Waals surface area contributed by atoms with Gasteiger partial charge in [-0.05, 0) is 37.1 Å². The predicted molar refractivity (Wildman–Crippen MR) is 86.6 cm³/mol. The third-order valence-electron chi connectivity index (χ3n) is 3.52. The van der Waals surface area contributed by atoms with E-state index in [2.05, 4.69) is 62.1 Å².